The Kier molecular flexibility index (Phi) is 4.01. The van der Waals surface area contributed by atoms with Crippen LogP contribution in [0.3, 0.4) is 0 Å². The Bertz CT molecular complexity index is 607. The first-order valence-electron chi connectivity index (χ1n) is 5.27. The lowest BCUT2D eigenvalue weighted by Crippen LogP contribution is -2.04. The van der Waals surface area contributed by atoms with E-state index in [1.54, 1.807) is 11.4 Å². The lowest BCUT2D eigenvalue weighted by molar-refractivity contribution is -0.114. The van der Waals surface area contributed by atoms with Gasteiger partial charge < -0.3 is 10.1 Å². The van der Waals surface area contributed by atoms with Crippen molar-refractivity contribution in [1.82, 2.24) is 4.98 Å². The molecule has 1 aromatic heterocycles. The van der Waals surface area contributed by atoms with E-state index in [2.05, 4.69) is 10.3 Å². The number of thiazole rings is 1. The Morgan fingerprint density at radius 1 is 1.53 bits per heavy atom. The third-order valence-electron chi connectivity index (χ3n) is 2.29. The molecule has 0 saturated heterocycles. The van der Waals surface area contributed by atoms with Gasteiger partial charge in [-0.05, 0) is 12.1 Å². The Morgan fingerprint density at radius 3 is 2.84 bits per heavy atom. The second kappa shape index (κ2) is 5.54. The molecule has 2 rings (SSSR count). The number of halogens is 2. The number of nitrogens with one attached hydrogen (secondary N) is 1. The van der Waals surface area contributed by atoms with Crippen molar-refractivity contribution in [2.24, 2.45) is 0 Å². The van der Waals surface area contributed by atoms with E-state index in [-0.39, 0.29) is 16.7 Å². The number of nitrogens with zero attached hydrogens (tertiary/aromatic N) is 1. The van der Waals surface area contributed by atoms with Crippen LogP contribution in [-0.2, 0) is 4.79 Å². The second-order valence-electron chi connectivity index (χ2n) is 3.69. The van der Waals surface area contributed by atoms with Crippen molar-refractivity contribution >= 4 is 34.0 Å². The largest absolute Gasteiger partial charge is 0.492 e. The Balaban J connectivity index is 2.37. The number of benzene rings is 1. The fourth-order valence-electron chi connectivity index (χ4n) is 1.52. The third-order valence-corrected chi connectivity index (χ3v) is 3.32. The molecule has 1 N–H and O–H groups in total. The lowest BCUT2D eigenvalue weighted by atomic mass is 10.1. The van der Waals surface area contributed by atoms with Crippen molar-refractivity contribution in [3.8, 4) is 17.0 Å². The summed E-state index contributed by atoms with van der Waals surface area (Å²) in [5, 5.41) is 4.90. The van der Waals surface area contributed by atoms with E-state index < -0.39 is 5.82 Å². The van der Waals surface area contributed by atoms with Gasteiger partial charge in [-0.1, -0.05) is 11.6 Å². The van der Waals surface area contributed by atoms with Crippen LogP contribution in [-0.4, -0.2) is 18.0 Å². The van der Waals surface area contributed by atoms with E-state index in [1.807, 2.05) is 0 Å². The molecule has 0 radical (unpaired) electrons. The molecule has 100 valence electrons. The molecular weight excluding hydrogens is 291 g/mol. The predicted molar refractivity (Wildman–Crippen MR) is 73.4 cm³/mol. The summed E-state index contributed by atoms with van der Waals surface area (Å²) in [6.45, 7) is 1.39. The van der Waals surface area contributed by atoms with Gasteiger partial charge in [0.2, 0.25) is 5.91 Å². The number of amides is 1. The highest BCUT2D eigenvalue weighted by Gasteiger charge is 2.13. The minimum Gasteiger partial charge on any atom is -0.492 e. The van der Waals surface area contributed by atoms with Gasteiger partial charge in [-0.3, -0.25) is 4.79 Å². The average Bonchev–Trinajstić information content (AvgIpc) is 2.76. The van der Waals surface area contributed by atoms with Crippen LogP contribution in [0.5, 0.6) is 5.75 Å². The average molecular weight is 301 g/mol. The maximum absolute atomic E-state index is 13.7. The number of hydrogen-bond acceptors (Lipinski definition) is 4. The summed E-state index contributed by atoms with van der Waals surface area (Å²) in [5.74, 6) is -0.762. The molecule has 0 aliphatic carbocycles. The summed E-state index contributed by atoms with van der Waals surface area (Å²) in [5.41, 5.74) is 1.06. The molecule has 0 bridgehead atoms. The van der Waals surface area contributed by atoms with Crippen molar-refractivity contribution in [1.29, 1.82) is 0 Å². The zero-order valence-corrected chi connectivity index (χ0v) is 11.7. The Labute approximate surface area is 118 Å². The minimum atomic E-state index is -0.556. The fraction of sp³-hybridized carbons (Fsp3) is 0.167. The molecule has 0 aliphatic rings. The van der Waals surface area contributed by atoms with Crippen LogP contribution in [0.2, 0.25) is 5.02 Å². The molecule has 7 heteroatoms. The molecule has 0 aliphatic heterocycles. The summed E-state index contributed by atoms with van der Waals surface area (Å²) < 4.78 is 18.6. The molecule has 0 fully saturated rings. The normalized spacial score (nSPS) is 10.3. The summed E-state index contributed by atoms with van der Waals surface area (Å²) >= 11 is 7.17. The molecule has 4 nitrogen and oxygen atoms in total. The van der Waals surface area contributed by atoms with Crippen LogP contribution < -0.4 is 10.1 Å². The molecule has 19 heavy (non-hydrogen) atoms. The Morgan fingerprint density at radius 2 is 2.26 bits per heavy atom. The molecule has 1 heterocycles. The highest BCUT2D eigenvalue weighted by Crippen LogP contribution is 2.34. The van der Waals surface area contributed by atoms with Crippen LogP contribution >= 0.6 is 22.9 Å². The quantitative estimate of drug-likeness (QED) is 0.943. The van der Waals surface area contributed by atoms with Gasteiger partial charge in [-0.2, -0.15) is 0 Å². The molecule has 0 spiro atoms. The van der Waals surface area contributed by atoms with Crippen LogP contribution in [0.4, 0.5) is 9.52 Å². The number of carbonyl (C=O) groups is 1. The maximum atomic E-state index is 13.7. The highest BCUT2D eigenvalue weighted by molar-refractivity contribution is 7.14. The molecule has 0 unspecified atom stereocenters. The standard InChI is InChI=1S/C12H10ClFN2O2S/c1-6(17)15-12-16-10(5-19-12)7-3-8(13)11(18-2)9(14)4-7/h3-5H,1-2H3,(H,15,16,17). The third kappa shape index (κ3) is 3.02. The van der Waals surface area contributed by atoms with E-state index >= 15 is 0 Å². The second-order valence-corrected chi connectivity index (χ2v) is 4.96. The van der Waals surface area contributed by atoms with Crippen molar-refractivity contribution in [2.45, 2.75) is 6.92 Å². The van der Waals surface area contributed by atoms with E-state index in [4.69, 9.17) is 16.3 Å². The molecule has 1 aromatic carbocycles. The molecule has 0 atom stereocenters. The predicted octanol–water partition coefficient (Wildman–Crippen LogP) is 3.57. The summed E-state index contributed by atoms with van der Waals surface area (Å²) in [6, 6.07) is 2.85. The summed E-state index contributed by atoms with van der Waals surface area (Å²) in [6.07, 6.45) is 0. The summed E-state index contributed by atoms with van der Waals surface area (Å²) in [7, 11) is 1.35. The topological polar surface area (TPSA) is 51.2 Å². The first-order valence-corrected chi connectivity index (χ1v) is 6.53. The van der Waals surface area contributed by atoms with Gasteiger partial charge in [0, 0.05) is 17.9 Å². The number of rotatable bonds is 3. The van der Waals surface area contributed by atoms with E-state index in [1.165, 1.54) is 31.4 Å². The van der Waals surface area contributed by atoms with Gasteiger partial charge in [0.25, 0.3) is 0 Å². The number of carbonyl (C=O) groups excluding carboxylic acids is 1. The van der Waals surface area contributed by atoms with Crippen LogP contribution in [0.1, 0.15) is 6.92 Å². The zero-order chi connectivity index (χ0) is 14.0. The van der Waals surface area contributed by atoms with Crippen molar-refractivity contribution in [2.75, 3.05) is 12.4 Å². The van der Waals surface area contributed by atoms with E-state index in [0.29, 0.717) is 16.4 Å². The van der Waals surface area contributed by atoms with Crippen LogP contribution in [0.25, 0.3) is 11.3 Å². The van der Waals surface area contributed by atoms with Crippen LogP contribution in [0, 0.1) is 5.82 Å². The smallest absolute Gasteiger partial charge is 0.223 e. The molecule has 1 amide bonds. The fourth-order valence-corrected chi connectivity index (χ4v) is 2.57. The maximum Gasteiger partial charge on any atom is 0.223 e. The summed E-state index contributed by atoms with van der Waals surface area (Å²) in [4.78, 5) is 15.1. The SMILES string of the molecule is COc1c(F)cc(-c2csc(NC(C)=O)n2)cc1Cl. The monoisotopic (exact) mass is 300 g/mol. The van der Waals surface area contributed by atoms with Gasteiger partial charge >= 0.3 is 0 Å². The number of ether oxygens (including phenoxy) is 1. The first kappa shape index (κ1) is 13.8. The van der Waals surface area contributed by atoms with Gasteiger partial charge in [-0.15, -0.1) is 11.3 Å². The molecule has 2 aromatic rings. The highest BCUT2D eigenvalue weighted by atomic mass is 35.5. The zero-order valence-electron chi connectivity index (χ0n) is 10.2. The number of methoxy groups -OCH3 is 1. The number of anilines is 1. The van der Waals surface area contributed by atoms with Gasteiger partial charge in [0.15, 0.2) is 16.7 Å². The first-order chi connectivity index (χ1) is 9.01. The Hall–Kier alpha value is -1.66. The van der Waals surface area contributed by atoms with Crippen molar-refractivity contribution in [3.63, 3.8) is 0 Å². The van der Waals surface area contributed by atoms with Crippen molar-refractivity contribution in [3.05, 3.63) is 28.4 Å². The number of hydrogen-bond donors (Lipinski definition) is 1. The van der Waals surface area contributed by atoms with Gasteiger partial charge in [0.1, 0.15) is 0 Å². The van der Waals surface area contributed by atoms with Gasteiger partial charge in [0.05, 0.1) is 17.8 Å². The lowest BCUT2D eigenvalue weighted by Gasteiger charge is -2.06. The molecular formula is C12H10ClFN2O2S. The van der Waals surface area contributed by atoms with E-state index in [9.17, 15) is 9.18 Å². The van der Waals surface area contributed by atoms with Crippen molar-refractivity contribution < 1.29 is 13.9 Å². The van der Waals surface area contributed by atoms with E-state index in [0.717, 1.165) is 0 Å². The minimum absolute atomic E-state index is 0.00253. The van der Waals surface area contributed by atoms with Crippen LogP contribution in [0.15, 0.2) is 17.5 Å². The molecule has 0 saturated carbocycles. The number of aromatic nitrogens is 1. The van der Waals surface area contributed by atoms with Gasteiger partial charge in [-0.25, -0.2) is 9.37 Å².